The Balaban J connectivity index is 1.57. The Morgan fingerprint density at radius 2 is 2.03 bits per heavy atom. The third kappa shape index (κ3) is 4.26. The number of anilines is 1. The van der Waals surface area contributed by atoms with Gasteiger partial charge in [-0.05, 0) is 36.2 Å². The van der Waals surface area contributed by atoms with Crippen molar-refractivity contribution in [3.05, 3.63) is 64.7 Å². The summed E-state index contributed by atoms with van der Waals surface area (Å²) in [6, 6.07) is 9.89. The molecule has 1 saturated heterocycles. The minimum atomic E-state index is -0.564. The molecule has 2 aromatic heterocycles. The van der Waals surface area contributed by atoms with Gasteiger partial charge in [0.15, 0.2) is 0 Å². The van der Waals surface area contributed by atoms with Crippen LogP contribution in [-0.2, 0) is 11.2 Å². The minimum absolute atomic E-state index is 0.217. The van der Waals surface area contributed by atoms with Crippen LogP contribution >= 0.6 is 0 Å². The molecule has 1 aromatic carbocycles. The lowest BCUT2D eigenvalue weighted by molar-refractivity contribution is 0.0390. The van der Waals surface area contributed by atoms with Gasteiger partial charge in [-0.15, -0.1) is 0 Å². The molecule has 0 saturated carbocycles. The van der Waals surface area contributed by atoms with Crippen molar-refractivity contribution in [3.8, 4) is 23.2 Å². The zero-order valence-electron chi connectivity index (χ0n) is 19.4. The fraction of sp³-hybridized carbons (Fsp3) is 0.320. The van der Waals surface area contributed by atoms with Crippen molar-refractivity contribution in [1.82, 2.24) is 19.9 Å². The van der Waals surface area contributed by atoms with Gasteiger partial charge in [0.25, 0.3) is 5.91 Å². The Morgan fingerprint density at radius 1 is 1.20 bits per heavy atom. The molecule has 2 aliphatic rings. The monoisotopic (exact) mass is 474 g/mol. The Bertz CT molecular complexity index is 1340. The summed E-state index contributed by atoms with van der Waals surface area (Å²) in [5.74, 6) is 0.0286. The summed E-state index contributed by atoms with van der Waals surface area (Å²) >= 11 is 0. The maximum absolute atomic E-state index is 15.0. The Morgan fingerprint density at radius 3 is 2.80 bits per heavy atom. The summed E-state index contributed by atoms with van der Waals surface area (Å²) in [6.07, 6.45) is 1.88. The molecule has 3 aromatic rings. The smallest absolute Gasteiger partial charge is 0.272 e. The minimum Gasteiger partial charge on any atom is -0.481 e. The van der Waals surface area contributed by atoms with Gasteiger partial charge in [-0.1, -0.05) is 0 Å². The summed E-state index contributed by atoms with van der Waals surface area (Å²) in [6.45, 7) is 1.86. The van der Waals surface area contributed by atoms with E-state index in [2.05, 4.69) is 9.97 Å². The molecule has 0 bridgehead atoms. The van der Waals surface area contributed by atoms with Crippen LogP contribution in [0.2, 0.25) is 0 Å². The third-order valence-corrected chi connectivity index (χ3v) is 6.28. The molecule has 1 amide bonds. The van der Waals surface area contributed by atoms with Crippen LogP contribution in [0.5, 0.6) is 5.88 Å². The van der Waals surface area contributed by atoms with E-state index in [4.69, 9.17) is 19.7 Å². The van der Waals surface area contributed by atoms with E-state index in [1.165, 1.54) is 12.1 Å². The van der Waals surface area contributed by atoms with Crippen molar-refractivity contribution in [2.45, 2.75) is 12.5 Å². The van der Waals surface area contributed by atoms with E-state index < -0.39 is 5.82 Å². The topological polar surface area (TPSA) is 104 Å². The number of morpholine rings is 1. The first-order chi connectivity index (χ1) is 17.0. The molecule has 0 spiro atoms. The molecular weight excluding hydrogens is 451 g/mol. The van der Waals surface area contributed by atoms with Gasteiger partial charge in [-0.3, -0.25) is 4.79 Å². The summed E-state index contributed by atoms with van der Waals surface area (Å²) < 4.78 is 26.2. The highest BCUT2D eigenvalue weighted by Crippen LogP contribution is 2.33. The zero-order valence-corrected chi connectivity index (χ0v) is 19.4. The molecule has 2 aliphatic heterocycles. The number of aromatic nitrogens is 3. The number of carbonyl (C=O) groups excluding carboxylic acids is 1. The number of methoxy groups -OCH3 is 1. The molecular formula is C25H23FN6O3. The van der Waals surface area contributed by atoms with Gasteiger partial charge in [0.05, 0.1) is 37.6 Å². The number of amides is 1. The molecule has 0 radical (unpaired) electrons. The van der Waals surface area contributed by atoms with E-state index in [0.29, 0.717) is 55.7 Å². The summed E-state index contributed by atoms with van der Waals surface area (Å²) in [7, 11) is 3.27. The number of pyridine rings is 1. The van der Waals surface area contributed by atoms with Gasteiger partial charge in [0.2, 0.25) is 11.8 Å². The van der Waals surface area contributed by atoms with Crippen LogP contribution in [0.3, 0.4) is 0 Å². The highest BCUT2D eigenvalue weighted by molar-refractivity contribution is 5.96. The lowest BCUT2D eigenvalue weighted by Crippen LogP contribution is -2.41. The molecule has 0 N–H and O–H groups in total. The number of halogens is 1. The van der Waals surface area contributed by atoms with Crippen LogP contribution in [0.25, 0.3) is 11.3 Å². The van der Waals surface area contributed by atoms with E-state index in [0.717, 1.165) is 5.56 Å². The Hall–Kier alpha value is -4.10. The molecule has 1 fully saturated rings. The second-order valence-electron chi connectivity index (χ2n) is 8.42. The lowest BCUT2D eigenvalue weighted by atomic mass is 9.97. The zero-order chi connectivity index (χ0) is 24.5. The van der Waals surface area contributed by atoms with Crippen molar-refractivity contribution in [3.63, 3.8) is 0 Å². The second-order valence-corrected chi connectivity index (χ2v) is 8.42. The first-order valence-corrected chi connectivity index (χ1v) is 11.2. The predicted molar refractivity (Wildman–Crippen MR) is 125 cm³/mol. The molecule has 9 nitrogen and oxygen atoms in total. The number of hydrogen-bond donors (Lipinski definition) is 0. The van der Waals surface area contributed by atoms with Crippen LogP contribution in [0.4, 0.5) is 10.3 Å². The maximum atomic E-state index is 15.0. The Kier molecular flexibility index (Phi) is 6.01. The second kappa shape index (κ2) is 9.27. The fourth-order valence-corrected chi connectivity index (χ4v) is 4.36. The van der Waals surface area contributed by atoms with Crippen molar-refractivity contribution < 1.29 is 18.7 Å². The first kappa shape index (κ1) is 22.7. The molecule has 1 unspecified atom stereocenters. The van der Waals surface area contributed by atoms with Gasteiger partial charge in [-0.2, -0.15) is 5.26 Å². The van der Waals surface area contributed by atoms with E-state index in [-0.39, 0.29) is 28.8 Å². The maximum Gasteiger partial charge on any atom is 0.272 e. The molecule has 5 rings (SSSR count). The molecule has 1 atom stereocenters. The number of carbonyl (C=O) groups is 1. The van der Waals surface area contributed by atoms with Gasteiger partial charge in [-0.25, -0.2) is 19.3 Å². The fourth-order valence-electron chi connectivity index (χ4n) is 4.36. The predicted octanol–water partition coefficient (Wildman–Crippen LogP) is 2.76. The Labute approximate surface area is 201 Å². The van der Waals surface area contributed by atoms with Crippen LogP contribution in [0.15, 0.2) is 36.5 Å². The van der Waals surface area contributed by atoms with E-state index >= 15 is 4.39 Å². The number of likely N-dealkylation sites (N-methyl/N-ethyl adjacent to an activating group) is 1. The molecule has 10 heteroatoms. The molecule has 4 heterocycles. The first-order valence-electron chi connectivity index (χ1n) is 11.2. The number of ether oxygens (including phenoxy) is 2. The average Bonchev–Trinajstić information content (AvgIpc) is 2.90. The highest BCUT2D eigenvalue weighted by Gasteiger charge is 2.31. The number of benzene rings is 1. The van der Waals surface area contributed by atoms with Gasteiger partial charge in [0, 0.05) is 43.5 Å². The average molecular weight is 474 g/mol. The molecule has 178 valence electrons. The van der Waals surface area contributed by atoms with Gasteiger partial charge < -0.3 is 19.3 Å². The van der Waals surface area contributed by atoms with Gasteiger partial charge in [0.1, 0.15) is 17.6 Å². The van der Waals surface area contributed by atoms with Crippen LogP contribution in [0, 0.1) is 17.1 Å². The largest absolute Gasteiger partial charge is 0.481 e. The number of rotatable bonds is 4. The molecule has 0 aliphatic carbocycles. The lowest BCUT2D eigenvalue weighted by Gasteiger charge is -2.34. The summed E-state index contributed by atoms with van der Waals surface area (Å²) in [5.41, 5.74) is 2.62. The van der Waals surface area contributed by atoms with Crippen LogP contribution < -0.4 is 9.64 Å². The highest BCUT2D eigenvalue weighted by atomic mass is 19.1. The quantitative estimate of drug-likeness (QED) is 0.569. The molecule has 35 heavy (non-hydrogen) atoms. The van der Waals surface area contributed by atoms with Crippen LogP contribution in [-0.4, -0.2) is 66.2 Å². The van der Waals surface area contributed by atoms with Crippen molar-refractivity contribution in [1.29, 1.82) is 5.26 Å². The normalized spacial score (nSPS) is 17.7. The summed E-state index contributed by atoms with van der Waals surface area (Å²) in [5, 5.41) is 9.12. The van der Waals surface area contributed by atoms with Crippen molar-refractivity contribution >= 4 is 11.9 Å². The van der Waals surface area contributed by atoms with Crippen molar-refractivity contribution in [2.75, 3.05) is 45.3 Å². The SMILES string of the molecule is COc1cc(C2CN(c3nc4c(c(-c5ccc(C#N)cc5F)n3)CCN(C)C4=O)CCO2)ccn1. The number of hydrogen-bond acceptors (Lipinski definition) is 8. The van der Waals surface area contributed by atoms with E-state index in [9.17, 15) is 4.79 Å². The number of nitrogens with zero attached hydrogens (tertiary/aromatic N) is 6. The van der Waals surface area contributed by atoms with Gasteiger partial charge >= 0.3 is 0 Å². The number of fused-ring (bicyclic) bond motifs is 1. The standard InChI is InChI=1S/C25H23FN6O3/c1-31-8-6-18-22(17-4-3-15(13-27)11-19(17)26)29-25(30-23(18)24(31)33)32-9-10-35-20(14-32)16-5-7-28-21(12-16)34-2/h3-5,7,11-12,20H,6,8-10,14H2,1-2H3. The summed E-state index contributed by atoms with van der Waals surface area (Å²) in [4.78, 5) is 30.1. The third-order valence-electron chi connectivity index (χ3n) is 6.28. The van der Waals surface area contributed by atoms with Crippen LogP contribution in [0.1, 0.15) is 33.3 Å². The van der Waals surface area contributed by atoms with E-state index in [1.54, 1.807) is 31.3 Å². The van der Waals surface area contributed by atoms with Crippen molar-refractivity contribution in [2.24, 2.45) is 0 Å². The van der Waals surface area contributed by atoms with E-state index in [1.807, 2.05) is 23.1 Å². The number of nitriles is 1.